The van der Waals surface area contributed by atoms with Crippen LogP contribution in [0.25, 0.3) is 10.9 Å². The van der Waals surface area contributed by atoms with Crippen LogP contribution in [0.15, 0.2) is 18.3 Å². The van der Waals surface area contributed by atoms with E-state index in [-0.39, 0.29) is 5.91 Å². The van der Waals surface area contributed by atoms with Crippen LogP contribution in [0.3, 0.4) is 0 Å². The second-order valence-corrected chi connectivity index (χ2v) is 6.67. The number of benzene rings is 1. The Morgan fingerprint density at radius 2 is 1.81 bits per heavy atom. The van der Waals surface area contributed by atoms with Gasteiger partial charge in [-0.15, -0.1) is 0 Å². The predicted octanol–water partition coefficient (Wildman–Crippen LogP) is 2.75. The lowest BCUT2D eigenvalue weighted by Gasteiger charge is -2.19. The van der Waals surface area contributed by atoms with Gasteiger partial charge in [0.1, 0.15) is 11.9 Å². The fraction of sp³-hybridized carbons (Fsp3) is 0.450. The standard InChI is InChI=1S/C20H26N2O5/c1-12(26-14(3)24)19-18(27-15(4)25)8-7-17-20(19)16(11-22(17)6)9-10-21(5)13(2)23/h7-8,11-12H,9-10H2,1-6H3. The monoisotopic (exact) mass is 374 g/mol. The van der Waals surface area contributed by atoms with E-state index in [2.05, 4.69) is 0 Å². The van der Waals surface area contributed by atoms with Crippen molar-refractivity contribution < 1.29 is 23.9 Å². The zero-order valence-electron chi connectivity index (χ0n) is 16.7. The largest absolute Gasteiger partial charge is 0.458 e. The summed E-state index contributed by atoms with van der Waals surface area (Å²) in [5, 5.41) is 0.877. The Balaban J connectivity index is 2.61. The fourth-order valence-electron chi connectivity index (χ4n) is 3.18. The van der Waals surface area contributed by atoms with Gasteiger partial charge in [0.15, 0.2) is 0 Å². The number of hydrogen-bond donors (Lipinski definition) is 0. The first kappa shape index (κ1) is 20.5. The summed E-state index contributed by atoms with van der Waals surface area (Å²) in [7, 11) is 3.67. The van der Waals surface area contributed by atoms with Gasteiger partial charge in [-0.2, -0.15) is 0 Å². The summed E-state index contributed by atoms with van der Waals surface area (Å²) >= 11 is 0. The molecule has 1 atom stereocenters. The van der Waals surface area contributed by atoms with E-state index in [4.69, 9.17) is 9.47 Å². The number of esters is 2. The maximum absolute atomic E-state index is 11.5. The van der Waals surface area contributed by atoms with Crippen molar-refractivity contribution >= 4 is 28.7 Å². The zero-order valence-corrected chi connectivity index (χ0v) is 16.7. The predicted molar refractivity (Wildman–Crippen MR) is 101 cm³/mol. The molecule has 2 aromatic rings. The van der Waals surface area contributed by atoms with E-state index in [1.807, 2.05) is 23.9 Å². The summed E-state index contributed by atoms with van der Waals surface area (Å²) < 4.78 is 12.7. The zero-order chi connectivity index (χ0) is 20.3. The summed E-state index contributed by atoms with van der Waals surface area (Å²) in [5.41, 5.74) is 2.57. The smallest absolute Gasteiger partial charge is 0.308 e. The summed E-state index contributed by atoms with van der Waals surface area (Å²) in [6.07, 6.45) is 2.02. The second-order valence-electron chi connectivity index (χ2n) is 6.67. The molecule has 0 fully saturated rings. The number of ether oxygens (including phenoxy) is 2. The molecule has 1 heterocycles. The lowest BCUT2D eigenvalue weighted by molar-refractivity contribution is -0.145. The number of amides is 1. The molecule has 146 valence electrons. The van der Waals surface area contributed by atoms with Crippen LogP contribution >= 0.6 is 0 Å². The van der Waals surface area contributed by atoms with E-state index in [1.165, 1.54) is 20.8 Å². The van der Waals surface area contributed by atoms with Crippen LogP contribution in [0.4, 0.5) is 0 Å². The van der Waals surface area contributed by atoms with Crippen LogP contribution < -0.4 is 4.74 Å². The van der Waals surface area contributed by atoms with Crippen molar-refractivity contribution in [2.45, 2.75) is 40.2 Å². The van der Waals surface area contributed by atoms with E-state index in [1.54, 1.807) is 24.9 Å². The van der Waals surface area contributed by atoms with Crippen LogP contribution in [-0.4, -0.2) is 40.9 Å². The molecule has 1 amide bonds. The van der Waals surface area contributed by atoms with Crippen LogP contribution in [-0.2, 0) is 32.6 Å². The molecule has 0 spiro atoms. The molecular formula is C20H26N2O5. The van der Waals surface area contributed by atoms with Crippen molar-refractivity contribution in [3.05, 3.63) is 29.5 Å². The number of hydrogen-bond acceptors (Lipinski definition) is 5. The highest BCUT2D eigenvalue weighted by atomic mass is 16.6. The molecule has 1 unspecified atom stereocenters. The first-order chi connectivity index (χ1) is 12.6. The Labute approximate surface area is 158 Å². The molecule has 2 rings (SSSR count). The van der Waals surface area contributed by atoms with Gasteiger partial charge in [0.25, 0.3) is 0 Å². The number of likely N-dealkylation sites (N-methyl/N-ethyl adjacent to an activating group) is 1. The molecule has 7 nitrogen and oxygen atoms in total. The van der Waals surface area contributed by atoms with Gasteiger partial charge in [0.2, 0.25) is 5.91 Å². The van der Waals surface area contributed by atoms with Gasteiger partial charge in [-0.1, -0.05) is 0 Å². The molecule has 0 N–H and O–H groups in total. The van der Waals surface area contributed by atoms with E-state index in [0.717, 1.165) is 16.5 Å². The van der Waals surface area contributed by atoms with E-state index in [0.29, 0.717) is 24.3 Å². The van der Waals surface area contributed by atoms with Gasteiger partial charge in [0, 0.05) is 64.1 Å². The third-order valence-electron chi connectivity index (χ3n) is 4.49. The van der Waals surface area contributed by atoms with Gasteiger partial charge < -0.3 is 18.9 Å². The number of fused-ring (bicyclic) bond motifs is 1. The Morgan fingerprint density at radius 1 is 1.15 bits per heavy atom. The molecule has 0 saturated carbocycles. The molecule has 0 aliphatic rings. The summed E-state index contributed by atoms with van der Waals surface area (Å²) in [6.45, 7) is 6.50. The topological polar surface area (TPSA) is 77.8 Å². The van der Waals surface area contributed by atoms with E-state index in [9.17, 15) is 14.4 Å². The van der Waals surface area contributed by atoms with Crippen molar-refractivity contribution in [2.24, 2.45) is 7.05 Å². The van der Waals surface area contributed by atoms with Crippen LogP contribution in [0.5, 0.6) is 5.75 Å². The first-order valence-electron chi connectivity index (χ1n) is 8.80. The van der Waals surface area contributed by atoms with Gasteiger partial charge in [-0.25, -0.2) is 0 Å². The number of aromatic nitrogens is 1. The highest BCUT2D eigenvalue weighted by Crippen LogP contribution is 2.38. The minimum Gasteiger partial charge on any atom is -0.458 e. The number of rotatable bonds is 6. The average molecular weight is 374 g/mol. The lowest BCUT2D eigenvalue weighted by atomic mass is 9.99. The number of carbonyl (C=O) groups is 3. The Hall–Kier alpha value is -2.83. The SMILES string of the molecule is CC(=O)Oc1ccc2c(c(CCN(C)C(C)=O)cn2C)c1C(C)OC(C)=O. The highest BCUT2D eigenvalue weighted by Gasteiger charge is 2.23. The molecular weight excluding hydrogens is 348 g/mol. The van der Waals surface area contributed by atoms with E-state index < -0.39 is 18.0 Å². The molecule has 1 aromatic carbocycles. The normalized spacial score (nSPS) is 11.9. The molecule has 7 heteroatoms. The van der Waals surface area contributed by atoms with E-state index >= 15 is 0 Å². The van der Waals surface area contributed by atoms with Crippen LogP contribution in [0, 0.1) is 0 Å². The van der Waals surface area contributed by atoms with Gasteiger partial charge in [-0.3, -0.25) is 14.4 Å². The number of nitrogens with zero attached hydrogens (tertiary/aromatic N) is 2. The summed E-state index contributed by atoms with van der Waals surface area (Å²) in [6, 6.07) is 3.58. The third-order valence-corrected chi connectivity index (χ3v) is 4.49. The maximum Gasteiger partial charge on any atom is 0.308 e. The van der Waals surface area contributed by atoms with Gasteiger partial charge in [-0.05, 0) is 31.0 Å². The highest BCUT2D eigenvalue weighted by molar-refractivity contribution is 5.91. The van der Waals surface area contributed by atoms with Crippen molar-refractivity contribution in [2.75, 3.05) is 13.6 Å². The Bertz CT molecular complexity index is 884. The lowest BCUT2D eigenvalue weighted by Crippen LogP contribution is -2.26. The average Bonchev–Trinajstić information content (AvgIpc) is 2.87. The molecule has 0 bridgehead atoms. The van der Waals surface area contributed by atoms with Gasteiger partial charge >= 0.3 is 11.9 Å². The molecule has 0 aliphatic heterocycles. The summed E-state index contributed by atoms with van der Waals surface area (Å²) in [4.78, 5) is 36.2. The number of aryl methyl sites for hydroxylation is 1. The first-order valence-corrected chi connectivity index (χ1v) is 8.80. The third kappa shape index (κ3) is 4.67. The van der Waals surface area contributed by atoms with Crippen molar-refractivity contribution in [3.63, 3.8) is 0 Å². The van der Waals surface area contributed by atoms with Crippen molar-refractivity contribution in [1.82, 2.24) is 9.47 Å². The molecule has 0 aliphatic carbocycles. The van der Waals surface area contributed by atoms with Crippen LogP contribution in [0.1, 0.15) is 44.9 Å². The quantitative estimate of drug-likeness (QED) is 0.574. The molecule has 1 aromatic heterocycles. The number of carbonyl (C=O) groups excluding carboxylic acids is 3. The summed E-state index contributed by atoms with van der Waals surface area (Å²) in [5.74, 6) is -0.498. The minimum absolute atomic E-state index is 0.00987. The Morgan fingerprint density at radius 3 is 2.37 bits per heavy atom. The Kier molecular flexibility index (Phi) is 6.25. The van der Waals surface area contributed by atoms with Crippen molar-refractivity contribution in [3.8, 4) is 5.75 Å². The molecule has 0 saturated heterocycles. The van der Waals surface area contributed by atoms with Gasteiger partial charge in [0.05, 0.1) is 0 Å². The molecule has 0 radical (unpaired) electrons. The molecule has 27 heavy (non-hydrogen) atoms. The maximum atomic E-state index is 11.5. The fourth-order valence-corrected chi connectivity index (χ4v) is 3.18. The minimum atomic E-state index is -0.591. The second kappa shape index (κ2) is 8.24. The van der Waals surface area contributed by atoms with Crippen molar-refractivity contribution in [1.29, 1.82) is 0 Å². The van der Waals surface area contributed by atoms with Crippen LogP contribution in [0.2, 0.25) is 0 Å².